The van der Waals surface area contributed by atoms with Gasteiger partial charge in [0.15, 0.2) is 6.20 Å². The smallest absolute Gasteiger partial charge is 0.205 e. The molecule has 4 rings (SSSR count). The fraction of sp³-hybridized carbons (Fsp3) is 0.306. The molecule has 0 saturated carbocycles. The summed E-state index contributed by atoms with van der Waals surface area (Å²) < 4.78 is 2.25. The van der Waals surface area contributed by atoms with Crippen LogP contribution in [0.1, 0.15) is 30.7 Å². The summed E-state index contributed by atoms with van der Waals surface area (Å²) >= 11 is 0. The van der Waals surface area contributed by atoms with Crippen LogP contribution in [0.25, 0.3) is 18.2 Å². The highest BCUT2D eigenvalue weighted by Gasteiger charge is 2.11. The third-order valence-corrected chi connectivity index (χ3v) is 9.97. The molecular weight excluding hydrogens is 553 g/mol. The van der Waals surface area contributed by atoms with Gasteiger partial charge in [-0.15, -0.1) is 0 Å². The van der Waals surface area contributed by atoms with E-state index < -0.39 is 0 Å². The van der Waals surface area contributed by atoms with Crippen molar-refractivity contribution in [2.75, 3.05) is 61.6 Å². The molecule has 0 spiro atoms. The lowest BCUT2D eigenvalue weighted by atomic mass is 10.1. The number of quaternary nitrogens is 1. The van der Waals surface area contributed by atoms with Gasteiger partial charge in [-0.25, -0.2) is 0 Å². The Balaban J connectivity index is 1.13. The fourth-order valence-electron chi connectivity index (χ4n) is 4.84. The second-order valence-electron chi connectivity index (χ2n) is 10.5. The van der Waals surface area contributed by atoms with Crippen LogP contribution in [0.3, 0.4) is 0 Å². The average Bonchev–Trinajstić information content (AvgIpc) is 3.04. The third-order valence-electron chi connectivity index (χ3n) is 7.60. The van der Waals surface area contributed by atoms with E-state index in [2.05, 4.69) is 158 Å². The van der Waals surface area contributed by atoms with Gasteiger partial charge in [0, 0.05) is 68.3 Å². The zero-order valence-corrected chi connectivity index (χ0v) is 27.2. The lowest BCUT2D eigenvalue weighted by Crippen LogP contribution is -3.09. The van der Waals surface area contributed by atoms with Gasteiger partial charge < -0.3 is 9.80 Å². The van der Waals surface area contributed by atoms with Crippen LogP contribution in [0.2, 0.25) is 0 Å². The number of allylic oxidation sites excluding steroid dienone is 3. The van der Waals surface area contributed by atoms with Gasteiger partial charge in [-0.2, -0.15) is 4.57 Å². The second kappa shape index (κ2) is 17.1. The first-order valence-corrected chi connectivity index (χ1v) is 17.5. The molecule has 6 heteroatoms. The number of likely N-dealkylation sites (N-methyl/N-ethyl adjacent to an activating group) is 1. The minimum Gasteiger partial charge on any atom is -0.374 e. The molecule has 0 bridgehead atoms. The van der Waals surface area contributed by atoms with E-state index in [-0.39, 0.29) is 0 Å². The lowest BCUT2D eigenvalue weighted by molar-refractivity contribution is -0.849. The van der Waals surface area contributed by atoms with E-state index in [1.165, 1.54) is 38.8 Å². The van der Waals surface area contributed by atoms with Crippen molar-refractivity contribution >= 4 is 51.2 Å². The van der Waals surface area contributed by atoms with Gasteiger partial charge in [-0.1, -0.05) is 51.9 Å². The maximum atomic E-state index is 2.35. The topological polar surface area (TPSA) is 14.8 Å². The molecule has 1 N–H and O–H groups in total. The highest BCUT2D eigenvalue weighted by Crippen LogP contribution is 2.24. The van der Waals surface area contributed by atoms with Gasteiger partial charge in [-0.05, 0) is 85.7 Å². The van der Waals surface area contributed by atoms with Crippen LogP contribution in [0.5, 0.6) is 0 Å². The molecule has 0 aliphatic carbocycles. The van der Waals surface area contributed by atoms with Crippen molar-refractivity contribution < 1.29 is 9.47 Å². The van der Waals surface area contributed by atoms with Crippen molar-refractivity contribution in [3.8, 4) is 0 Å². The second-order valence-corrected chi connectivity index (χ2v) is 13.2. The summed E-state index contributed by atoms with van der Waals surface area (Å²) in [6, 6.07) is 24.1. The molecule has 1 atom stereocenters. The Morgan fingerprint density at radius 2 is 1.36 bits per heavy atom. The molecule has 2 aromatic carbocycles. The molecule has 220 valence electrons. The van der Waals surface area contributed by atoms with Gasteiger partial charge in [0.25, 0.3) is 0 Å². The normalized spacial score (nSPS) is 15.0. The molecule has 1 aromatic heterocycles. The predicted molar refractivity (Wildman–Crippen MR) is 188 cm³/mol. The highest BCUT2D eigenvalue weighted by atomic mass is 33.1. The Morgan fingerprint density at radius 3 is 1.93 bits per heavy atom. The van der Waals surface area contributed by atoms with Crippen molar-refractivity contribution in [3.05, 3.63) is 120 Å². The number of pyridine rings is 1. The van der Waals surface area contributed by atoms with Gasteiger partial charge in [-0.3, -0.25) is 4.90 Å². The van der Waals surface area contributed by atoms with Crippen molar-refractivity contribution in [1.82, 2.24) is 0 Å². The average molecular weight is 599 g/mol. The Hall–Kier alpha value is -3.19. The molecule has 0 fully saturated rings. The quantitative estimate of drug-likeness (QED) is 0.122. The zero-order chi connectivity index (χ0) is 29.6. The van der Waals surface area contributed by atoms with E-state index in [1.807, 2.05) is 21.6 Å². The van der Waals surface area contributed by atoms with Crippen LogP contribution in [-0.4, -0.2) is 51.8 Å². The van der Waals surface area contributed by atoms with E-state index in [0.717, 1.165) is 44.2 Å². The van der Waals surface area contributed by atoms with Crippen LogP contribution in [-0.2, 0) is 6.54 Å². The van der Waals surface area contributed by atoms with Crippen molar-refractivity contribution in [2.45, 2.75) is 20.4 Å². The summed E-state index contributed by atoms with van der Waals surface area (Å²) in [6.45, 7) is 9.63. The summed E-state index contributed by atoms with van der Waals surface area (Å²) in [5.41, 5.74) is 7.57. The number of hydrogen-bond donors (Lipinski definition) is 1. The molecule has 42 heavy (non-hydrogen) atoms. The monoisotopic (exact) mass is 598 g/mol. The molecule has 1 aliphatic rings. The minimum atomic E-state index is 0.972. The molecule has 4 nitrogen and oxygen atoms in total. The summed E-state index contributed by atoms with van der Waals surface area (Å²) in [5.74, 6) is 2.20. The number of hydrogen-bond acceptors (Lipinski definition) is 4. The molecular formula is C36H46N4S2+2. The molecule has 0 saturated heterocycles. The van der Waals surface area contributed by atoms with Crippen LogP contribution in [0.4, 0.5) is 11.4 Å². The number of rotatable bonds is 15. The van der Waals surface area contributed by atoms with E-state index >= 15 is 0 Å². The number of benzene rings is 2. The number of aromatic nitrogens is 1. The summed E-state index contributed by atoms with van der Waals surface area (Å²) in [5, 5.41) is 0. The molecule has 0 amide bonds. The van der Waals surface area contributed by atoms with E-state index in [4.69, 9.17) is 0 Å². The zero-order valence-electron chi connectivity index (χ0n) is 25.6. The first-order chi connectivity index (χ1) is 20.6. The van der Waals surface area contributed by atoms with E-state index in [0.29, 0.717) is 0 Å². The molecule has 2 heterocycles. The highest BCUT2D eigenvalue weighted by molar-refractivity contribution is 8.76. The number of aryl methyl sites for hydroxylation is 1. The fourth-order valence-corrected chi connectivity index (χ4v) is 6.93. The molecule has 1 unspecified atom stereocenters. The first-order valence-electron chi connectivity index (χ1n) is 15.0. The number of nitrogens with zero attached hydrogens (tertiary/aromatic N) is 3. The summed E-state index contributed by atoms with van der Waals surface area (Å²) in [4.78, 5) is 6.20. The maximum absolute atomic E-state index is 2.35. The largest absolute Gasteiger partial charge is 0.374 e. The minimum absolute atomic E-state index is 0.972. The van der Waals surface area contributed by atoms with Crippen LogP contribution >= 0.6 is 21.6 Å². The van der Waals surface area contributed by atoms with Gasteiger partial charge in [0.2, 0.25) is 5.69 Å². The van der Waals surface area contributed by atoms with Gasteiger partial charge in [0.1, 0.15) is 18.8 Å². The molecule has 3 aromatic rings. The van der Waals surface area contributed by atoms with Crippen molar-refractivity contribution in [2.24, 2.45) is 0 Å². The Labute approximate surface area is 261 Å². The van der Waals surface area contributed by atoms with Crippen molar-refractivity contribution in [3.63, 3.8) is 0 Å². The molecule has 1 aliphatic heterocycles. The maximum Gasteiger partial charge on any atom is 0.205 e. The summed E-state index contributed by atoms with van der Waals surface area (Å²) in [6.07, 6.45) is 17.6. The summed E-state index contributed by atoms with van der Waals surface area (Å²) in [7, 11) is 8.30. The Bertz CT molecular complexity index is 1360. The van der Waals surface area contributed by atoms with Gasteiger partial charge >= 0.3 is 0 Å². The van der Waals surface area contributed by atoms with Crippen LogP contribution < -0.4 is 19.3 Å². The predicted octanol–water partition coefficient (Wildman–Crippen LogP) is 6.49. The van der Waals surface area contributed by atoms with Crippen LogP contribution in [0, 0.1) is 0 Å². The first kappa shape index (κ1) is 31.7. The van der Waals surface area contributed by atoms with Crippen LogP contribution in [0.15, 0.2) is 103 Å². The van der Waals surface area contributed by atoms with E-state index in [1.54, 1.807) is 0 Å². The number of anilines is 2. The number of nitrogens with one attached hydrogen (secondary N) is 1. The Kier molecular flexibility index (Phi) is 12.9. The standard InChI is InChI=1S/C36H45N4S2/c1-5-39-25-9-7-11-35(39)23-17-31-13-19-33(20-14-31)37(3)27-29-41-42-30-28-38(4)34-21-15-32(16-22-34)18-24-36-12-8-10-26-40(36)6-2/h7-25H,5-6,26-30H2,1-4H3/q+1/p+1/b24-18+. The third kappa shape index (κ3) is 9.69. The van der Waals surface area contributed by atoms with Gasteiger partial charge in [0.05, 0.1) is 6.54 Å². The SMILES string of the molecule is CC[n+]1ccccc1/C=C/c1ccc(N(C)CCSSCCN(C)c2ccc(/C=C/C3=CC=CC[NH+]3CC)cc2)cc1. The lowest BCUT2D eigenvalue weighted by Gasteiger charge is -2.20. The van der Waals surface area contributed by atoms with Crippen molar-refractivity contribution in [1.29, 1.82) is 0 Å². The molecule has 0 radical (unpaired) electrons. The Morgan fingerprint density at radius 1 is 0.762 bits per heavy atom. The van der Waals surface area contributed by atoms with E-state index in [9.17, 15) is 0 Å².